The van der Waals surface area contributed by atoms with E-state index in [1.54, 1.807) is 0 Å². The molecule has 3 aliphatic rings. The smallest absolute Gasteiger partial charge is 0.116 e. The zero-order valence-corrected chi connectivity index (χ0v) is 12.1. The summed E-state index contributed by atoms with van der Waals surface area (Å²) in [4.78, 5) is 0. The Hall–Kier alpha value is -1.50. The molecule has 2 saturated carbocycles. The van der Waals surface area contributed by atoms with Crippen molar-refractivity contribution in [3.8, 4) is 5.75 Å². The Morgan fingerprint density at radius 3 is 3.00 bits per heavy atom. The van der Waals surface area contributed by atoms with Crippen molar-refractivity contribution in [2.75, 3.05) is 0 Å². The van der Waals surface area contributed by atoms with Crippen molar-refractivity contribution < 1.29 is 5.11 Å². The number of hydrogen-bond donors (Lipinski definition) is 1. The molecule has 20 heavy (non-hydrogen) atoms. The molecule has 1 nitrogen and oxygen atoms in total. The Kier molecular flexibility index (Phi) is 2.45. The molecule has 104 valence electrons. The maximum atomic E-state index is 9.66. The van der Waals surface area contributed by atoms with Crippen molar-refractivity contribution in [3.05, 3.63) is 47.6 Å². The molecule has 1 aromatic carbocycles. The van der Waals surface area contributed by atoms with Gasteiger partial charge in [0.25, 0.3) is 0 Å². The maximum Gasteiger partial charge on any atom is 0.116 e. The predicted octanol–water partition coefficient (Wildman–Crippen LogP) is 4.89. The number of aromatic hydroxyl groups is 1. The van der Waals surface area contributed by atoms with Crippen LogP contribution in [0.4, 0.5) is 0 Å². The van der Waals surface area contributed by atoms with Crippen LogP contribution in [-0.2, 0) is 0 Å². The maximum absolute atomic E-state index is 9.66. The van der Waals surface area contributed by atoms with E-state index in [1.165, 1.54) is 42.4 Å². The predicted molar refractivity (Wildman–Crippen MR) is 82.6 cm³/mol. The lowest BCUT2D eigenvalue weighted by Crippen LogP contribution is -2.38. The monoisotopic (exact) mass is 266 g/mol. The second kappa shape index (κ2) is 4.00. The molecule has 0 amide bonds. The molecule has 3 unspecified atom stereocenters. The van der Waals surface area contributed by atoms with E-state index >= 15 is 0 Å². The summed E-state index contributed by atoms with van der Waals surface area (Å²) in [5, 5.41) is 9.66. The van der Waals surface area contributed by atoms with Crippen LogP contribution in [0.1, 0.15) is 49.7 Å². The first-order chi connectivity index (χ1) is 9.59. The van der Waals surface area contributed by atoms with E-state index in [4.69, 9.17) is 0 Å². The van der Waals surface area contributed by atoms with E-state index in [-0.39, 0.29) is 0 Å². The zero-order chi connectivity index (χ0) is 13.9. The van der Waals surface area contributed by atoms with Crippen LogP contribution in [0, 0.1) is 17.3 Å². The van der Waals surface area contributed by atoms with Gasteiger partial charge in [0.1, 0.15) is 5.75 Å². The molecule has 0 radical (unpaired) electrons. The highest BCUT2D eigenvalue weighted by Gasteiger charge is 2.50. The third-order valence-electron chi connectivity index (χ3n) is 6.25. The fraction of sp³-hybridized carbons (Fsp3) is 0.474. The molecule has 4 rings (SSSR count). The molecule has 0 bridgehead atoms. The first-order valence-electron chi connectivity index (χ1n) is 7.79. The van der Waals surface area contributed by atoms with E-state index in [1.807, 2.05) is 12.1 Å². The van der Waals surface area contributed by atoms with E-state index in [2.05, 4.69) is 31.7 Å². The molecule has 1 heteroatoms. The number of benzene rings is 1. The average molecular weight is 266 g/mol. The van der Waals surface area contributed by atoms with Crippen molar-refractivity contribution in [2.45, 2.75) is 38.5 Å². The summed E-state index contributed by atoms with van der Waals surface area (Å²) in [6.45, 7) is 6.78. The summed E-state index contributed by atoms with van der Waals surface area (Å²) < 4.78 is 0. The quantitative estimate of drug-likeness (QED) is 0.663. The average Bonchev–Trinajstić information content (AvgIpc) is 2.74. The first-order valence-corrected chi connectivity index (χ1v) is 7.79. The van der Waals surface area contributed by atoms with Crippen molar-refractivity contribution in [1.29, 1.82) is 0 Å². The number of phenols is 1. The number of phenolic OH excluding ortho intramolecular Hbond substituents is 1. The lowest BCUT2D eigenvalue weighted by molar-refractivity contribution is 0.122. The number of fused-ring (bicyclic) bond motifs is 5. The molecule has 0 aliphatic heterocycles. The summed E-state index contributed by atoms with van der Waals surface area (Å²) >= 11 is 0. The highest BCUT2D eigenvalue weighted by Crippen LogP contribution is 2.61. The van der Waals surface area contributed by atoms with Gasteiger partial charge in [0.15, 0.2) is 0 Å². The normalized spacial score (nSPS) is 38.2. The fourth-order valence-corrected chi connectivity index (χ4v) is 4.99. The highest BCUT2D eigenvalue weighted by molar-refractivity contribution is 5.61. The molecular weight excluding hydrogens is 244 g/mol. The van der Waals surface area contributed by atoms with Gasteiger partial charge in [0.05, 0.1) is 0 Å². The Labute approximate surface area is 121 Å². The van der Waals surface area contributed by atoms with Crippen LogP contribution in [0.15, 0.2) is 36.4 Å². The SMILES string of the molecule is C=C1CCC2C3C=Cc4cc(O)ccc4C3CC[C@]12C. The van der Waals surface area contributed by atoms with Gasteiger partial charge >= 0.3 is 0 Å². The van der Waals surface area contributed by atoms with Gasteiger partial charge in [0.2, 0.25) is 0 Å². The van der Waals surface area contributed by atoms with E-state index in [9.17, 15) is 5.11 Å². The minimum atomic E-state index is 0.361. The van der Waals surface area contributed by atoms with E-state index in [0.29, 0.717) is 23.0 Å². The summed E-state index contributed by atoms with van der Waals surface area (Å²) in [5.41, 5.74) is 4.49. The zero-order valence-electron chi connectivity index (χ0n) is 12.1. The Morgan fingerprint density at radius 2 is 2.15 bits per heavy atom. The number of allylic oxidation sites excluding steroid dienone is 2. The molecule has 0 spiro atoms. The van der Waals surface area contributed by atoms with Crippen LogP contribution in [-0.4, -0.2) is 5.11 Å². The van der Waals surface area contributed by atoms with Crippen LogP contribution < -0.4 is 0 Å². The molecule has 0 heterocycles. The molecular formula is C19H22O. The molecule has 4 atom stereocenters. The van der Waals surface area contributed by atoms with Crippen molar-refractivity contribution >= 4 is 6.08 Å². The summed E-state index contributed by atoms with van der Waals surface area (Å²) in [7, 11) is 0. The Morgan fingerprint density at radius 1 is 1.30 bits per heavy atom. The molecule has 0 aromatic heterocycles. The molecule has 3 aliphatic carbocycles. The van der Waals surface area contributed by atoms with Crippen molar-refractivity contribution in [3.63, 3.8) is 0 Å². The summed E-state index contributed by atoms with van der Waals surface area (Å²) in [6, 6.07) is 5.89. The standard InChI is InChI=1S/C19H22O/c1-12-3-8-18-17-6-4-13-11-14(20)5-7-15(13)16(17)9-10-19(12,18)2/h4-7,11,16-18,20H,1,3,8-10H2,2H3/t16?,17?,18?,19-/m1/s1. The largest absolute Gasteiger partial charge is 0.508 e. The van der Waals surface area contributed by atoms with Gasteiger partial charge in [0, 0.05) is 0 Å². The van der Waals surface area contributed by atoms with Gasteiger partial charge in [-0.3, -0.25) is 0 Å². The van der Waals surface area contributed by atoms with Crippen LogP contribution >= 0.6 is 0 Å². The van der Waals surface area contributed by atoms with Crippen molar-refractivity contribution in [2.24, 2.45) is 17.3 Å². The van der Waals surface area contributed by atoms with E-state index in [0.717, 1.165) is 5.92 Å². The fourth-order valence-electron chi connectivity index (χ4n) is 4.99. The molecule has 1 N–H and O–H groups in total. The van der Waals surface area contributed by atoms with Gasteiger partial charge in [-0.25, -0.2) is 0 Å². The number of hydrogen-bond acceptors (Lipinski definition) is 1. The third-order valence-corrected chi connectivity index (χ3v) is 6.25. The highest BCUT2D eigenvalue weighted by atomic mass is 16.3. The first kappa shape index (κ1) is 12.3. The number of rotatable bonds is 0. The summed E-state index contributed by atoms with van der Waals surface area (Å²) in [5.74, 6) is 2.43. The van der Waals surface area contributed by atoms with Gasteiger partial charge in [-0.1, -0.05) is 37.3 Å². The Bertz CT molecular complexity index is 612. The van der Waals surface area contributed by atoms with Gasteiger partial charge in [-0.15, -0.1) is 0 Å². The van der Waals surface area contributed by atoms with Crippen molar-refractivity contribution in [1.82, 2.24) is 0 Å². The second-order valence-corrected chi connectivity index (χ2v) is 7.06. The molecule has 2 fully saturated rings. The Balaban J connectivity index is 1.77. The summed E-state index contributed by atoms with van der Waals surface area (Å²) in [6.07, 6.45) is 9.66. The minimum Gasteiger partial charge on any atom is -0.508 e. The third kappa shape index (κ3) is 1.49. The molecule has 0 saturated heterocycles. The van der Waals surface area contributed by atoms with Gasteiger partial charge in [-0.05, 0) is 72.1 Å². The van der Waals surface area contributed by atoms with Crippen LogP contribution in [0.5, 0.6) is 5.75 Å². The van der Waals surface area contributed by atoms with Crippen LogP contribution in [0.25, 0.3) is 6.08 Å². The van der Waals surface area contributed by atoms with Gasteiger partial charge in [-0.2, -0.15) is 0 Å². The van der Waals surface area contributed by atoms with Gasteiger partial charge < -0.3 is 5.11 Å². The topological polar surface area (TPSA) is 20.2 Å². The lowest BCUT2D eigenvalue weighted by Gasteiger charge is -2.47. The van der Waals surface area contributed by atoms with E-state index < -0.39 is 0 Å². The lowest BCUT2D eigenvalue weighted by atomic mass is 9.57. The van der Waals surface area contributed by atoms with Crippen LogP contribution in [0.3, 0.4) is 0 Å². The minimum absolute atomic E-state index is 0.361. The molecule has 1 aromatic rings. The second-order valence-electron chi connectivity index (χ2n) is 7.06. The van der Waals surface area contributed by atoms with Crippen LogP contribution in [0.2, 0.25) is 0 Å².